The molecule has 1 heteroatoms. The van der Waals surface area contributed by atoms with Crippen LogP contribution in [0, 0.1) is 0 Å². The first-order chi connectivity index (χ1) is 3.00. The van der Waals surface area contributed by atoms with Crippen molar-refractivity contribution in [2.24, 2.45) is 0 Å². The van der Waals surface area contributed by atoms with Crippen molar-refractivity contribution in [1.29, 1.82) is 0 Å². The van der Waals surface area contributed by atoms with Crippen molar-refractivity contribution in [2.75, 3.05) is 13.2 Å². The van der Waals surface area contributed by atoms with Crippen LogP contribution in [0.5, 0.6) is 0 Å². The lowest BCUT2D eigenvalue weighted by molar-refractivity contribution is 0.0968. The zero-order valence-corrected chi connectivity index (χ0v) is 3.94. The second kappa shape index (κ2) is 4.13. The highest BCUT2D eigenvalue weighted by Crippen LogP contribution is 2.01. The highest BCUT2D eigenvalue weighted by atomic mass is 16.5. The van der Waals surface area contributed by atoms with Crippen LogP contribution in [0.4, 0.5) is 0 Å². The first-order valence-electron chi connectivity index (χ1n) is 2.58. The van der Waals surface area contributed by atoms with E-state index in [-0.39, 0.29) is 7.43 Å². The molecular weight excluding hydrogens is 88.1 g/mol. The van der Waals surface area contributed by atoms with Crippen molar-refractivity contribution in [2.45, 2.75) is 26.7 Å². The molecule has 0 aromatic carbocycles. The van der Waals surface area contributed by atoms with Crippen molar-refractivity contribution in [3.05, 3.63) is 0 Å². The average molecular weight is 102 g/mol. The molecule has 1 nitrogen and oxygen atoms in total. The Morgan fingerprint density at radius 2 is 1.43 bits per heavy atom. The first kappa shape index (κ1) is 6.96. The zero-order valence-electron chi connectivity index (χ0n) is 3.94. The van der Waals surface area contributed by atoms with E-state index >= 15 is 0 Å². The summed E-state index contributed by atoms with van der Waals surface area (Å²) in [6.07, 6.45) is 3.93. The summed E-state index contributed by atoms with van der Waals surface area (Å²) < 4.78 is 5.07. The number of ether oxygens (including phenoxy) is 1. The lowest BCUT2D eigenvalue weighted by atomic mass is 10.2. The van der Waals surface area contributed by atoms with Gasteiger partial charge in [-0.1, -0.05) is 7.43 Å². The van der Waals surface area contributed by atoms with E-state index in [2.05, 4.69) is 0 Å². The SMILES string of the molecule is C.C1CCOCC1. The van der Waals surface area contributed by atoms with Gasteiger partial charge in [-0.05, 0) is 19.3 Å². The van der Waals surface area contributed by atoms with E-state index in [1.54, 1.807) is 0 Å². The van der Waals surface area contributed by atoms with Gasteiger partial charge in [0.2, 0.25) is 0 Å². The molecule has 0 unspecified atom stereocenters. The summed E-state index contributed by atoms with van der Waals surface area (Å²) in [5.41, 5.74) is 0. The van der Waals surface area contributed by atoms with Gasteiger partial charge in [0.15, 0.2) is 0 Å². The fourth-order valence-corrected chi connectivity index (χ4v) is 0.687. The van der Waals surface area contributed by atoms with E-state index in [9.17, 15) is 0 Å². The van der Waals surface area contributed by atoms with Crippen LogP contribution in [0.25, 0.3) is 0 Å². The monoisotopic (exact) mass is 102 g/mol. The van der Waals surface area contributed by atoms with Gasteiger partial charge in [0.05, 0.1) is 0 Å². The van der Waals surface area contributed by atoms with Crippen LogP contribution in [0.1, 0.15) is 26.7 Å². The lowest BCUT2D eigenvalue weighted by Gasteiger charge is -2.08. The minimum Gasteiger partial charge on any atom is -0.381 e. The lowest BCUT2D eigenvalue weighted by Crippen LogP contribution is -2.03. The molecule has 44 valence electrons. The maximum atomic E-state index is 5.07. The molecule has 1 aliphatic heterocycles. The third-order valence-corrected chi connectivity index (χ3v) is 1.08. The molecule has 0 aliphatic carbocycles. The van der Waals surface area contributed by atoms with E-state index in [0.29, 0.717) is 0 Å². The molecule has 0 bridgehead atoms. The van der Waals surface area contributed by atoms with Crippen LogP contribution < -0.4 is 0 Å². The molecule has 0 aromatic heterocycles. The third-order valence-electron chi connectivity index (χ3n) is 1.08. The van der Waals surface area contributed by atoms with Gasteiger partial charge < -0.3 is 4.74 Å². The third kappa shape index (κ3) is 2.63. The largest absolute Gasteiger partial charge is 0.381 e. The molecule has 0 saturated carbocycles. The Balaban J connectivity index is 0.000000360. The standard InChI is InChI=1S/C5H10O.CH4/c1-2-4-6-5-3-1;/h1-5H2;1H4. The molecule has 0 atom stereocenters. The number of hydrogen-bond donors (Lipinski definition) is 0. The van der Waals surface area contributed by atoms with Crippen molar-refractivity contribution in [3.8, 4) is 0 Å². The van der Waals surface area contributed by atoms with Crippen LogP contribution in [-0.4, -0.2) is 13.2 Å². The Kier molecular flexibility index (Phi) is 4.10. The summed E-state index contributed by atoms with van der Waals surface area (Å²) in [5, 5.41) is 0. The van der Waals surface area contributed by atoms with E-state index in [1.165, 1.54) is 19.3 Å². The van der Waals surface area contributed by atoms with Crippen molar-refractivity contribution >= 4 is 0 Å². The Morgan fingerprint density at radius 3 is 1.57 bits per heavy atom. The summed E-state index contributed by atoms with van der Waals surface area (Å²) in [5.74, 6) is 0. The van der Waals surface area contributed by atoms with Crippen LogP contribution in [0.2, 0.25) is 0 Å². The van der Waals surface area contributed by atoms with Gasteiger partial charge in [0.1, 0.15) is 0 Å². The molecule has 1 fully saturated rings. The molecule has 0 aromatic rings. The Bertz CT molecular complexity index is 19.7. The van der Waals surface area contributed by atoms with Gasteiger partial charge in [-0.15, -0.1) is 0 Å². The smallest absolute Gasteiger partial charge is 0.0466 e. The summed E-state index contributed by atoms with van der Waals surface area (Å²) in [7, 11) is 0. The highest BCUT2D eigenvalue weighted by Gasteiger charge is 1.94. The quantitative estimate of drug-likeness (QED) is 0.453. The normalized spacial score (nSPS) is 20.6. The van der Waals surface area contributed by atoms with Gasteiger partial charge >= 0.3 is 0 Å². The molecule has 0 amide bonds. The highest BCUT2D eigenvalue weighted by molar-refractivity contribution is 4.45. The van der Waals surface area contributed by atoms with E-state index in [0.717, 1.165) is 13.2 Å². The van der Waals surface area contributed by atoms with E-state index in [1.807, 2.05) is 0 Å². The molecule has 1 rings (SSSR count). The minimum atomic E-state index is 0. The average Bonchev–Trinajstić information content (AvgIpc) is 1.72. The second-order valence-corrected chi connectivity index (χ2v) is 1.67. The summed E-state index contributed by atoms with van der Waals surface area (Å²) in [4.78, 5) is 0. The maximum absolute atomic E-state index is 5.07. The Hall–Kier alpha value is -0.0400. The predicted molar refractivity (Wildman–Crippen MR) is 31.4 cm³/mol. The molecule has 0 spiro atoms. The molecule has 0 N–H and O–H groups in total. The van der Waals surface area contributed by atoms with Crippen LogP contribution in [-0.2, 0) is 4.74 Å². The zero-order chi connectivity index (χ0) is 4.24. The topological polar surface area (TPSA) is 9.23 Å². The predicted octanol–water partition coefficient (Wildman–Crippen LogP) is 1.82. The van der Waals surface area contributed by atoms with Gasteiger partial charge in [-0.25, -0.2) is 0 Å². The van der Waals surface area contributed by atoms with Gasteiger partial charge in [-0.2, -0.15) is 0 Å². The second-order valence-electron chi connectivity index (χ2n) is 1.67. The van der Waals surface area contributed by atoms with Crippen LogP contribution in [0.3, 0.4) is 0 Å². The Labute approximate surface area is 45.7 Å². The summed E-state index contributed by atoms with van der Waals surface area (Å²) >= 11 is 0. The molecule has 0 radical (unpaired) electrons. The molecular formula is C6H14O. The molecule has 1 saturated heterocycles. The maximum Gasteiger partial charge on any atom is 0.0466 e. The van der Waals surface area contributed by atoms with Crippen molar-refractivity contribution in [1.82, 2.24) is 0 Å². The number of hydrogen-bond acceptors (Lipinski definition) is 1. The minimum absolute atomic E-state index is 0. The van der Waals surface area contributed by atoms with Crippen LogP contribution in [0.15, 0.2) is 0 Å². The van der Waals surface area contributed by atoms with Crippen molar-refractivity contribution < 1.29 is 4.74 Å². The summed E-state index contributed by atoms with van der Waals surface area (Å²) in [6, 6.07) is 0. The molecule has 1 heterocycles. The summed E-state index contributed by atoms with van der Waals surface area (Å²) in [6.45, 7) is 2.00. The first-order valence-corrected chi connectivity index (χ1v) is 2.58. The van der Waals surface area contributed by atoms with Gasteiger partial charge in [0.25, 0.3) is 0 Å². The van der Waals surface area contributed by atoms with Crippen LogP contribution >= 0.6 is 0 Å². The molecule has 7 heavy (non-hydrogen) atoms. The van der Waals surface area contributed by atoms with E-state index < -0.39 is 0 Å². The molecule has 1 aliphatic rings. The fraction of sp³-hybridized carbons (Fsp3) is 1.00. The van der Waals surface area contributed by atoms with Gasteiger partial charge in [-0.3, -0.25) is 0 Å². The Morgan fingerprint density at radius 1 is 0.857 bits per heavy atom. The number of rotatable bonds is 0. The van der Waals surface area contributed by atoms with Gasteiger partial charge in [0, 0.05) is 13.2 Å². The van der Waals surface area contributed by atoms with E-state index in [4.69, 9.17) is 4.74 Å². The fourth-order valence-electron chi connectivity index (χ4n) is 0.687. The van der Waals surface area contributed by atoms with Crippen molar-refractivity contribution in [3.63, 3.8) is 0 Å².